The number of ether oxygens (including phenoxy) is 1. The maximum atomic E-state index is 13.3. The molecule has 0 fully saturated rings. The number of anilines is 1. The van der Waals surface area contributed by atoms with Gasteiger partial charge in [0, 0.05) is 5.56 Å². The lowest BCUT2D eigenvalue weighted by atomic mass is 10.1. The minimum atomic E-state index is -0.924. The molecule has 0 aliphatic rings. The molecule has 3 aromatic carbocycles. The van der Waals surface area contributed by atoms with Gasteiger partial charge in [-0.15, -0.1) is 11.3 Å². The van der Waals surface area contributed by atoms with Crippen molar-refractivity contribution in [3.63, 3.8) is 0 Å². The van der Waals surface area contributed by atoms with Crippen LogP contribution in [0.4, 0.5) is 5.69 Å². The van der Waals surface area contributed by atoms with Crippen molar-refractivity contribution in [2.45, 2.75) is 16.8 Å². The minimum absolute atomic E-state index is 0.0587. The van der Waals surface area contributed by atoms with Gasteiger partial charge in [0.2, 0.25) is 5.91 Å². The van der Waals surface area contributed by atoms with Crippen molar-refractivity contribution in [1.29, 1.82) is 0 Å². The van der Waals surface area contributed by atoms with Gasteiger partial charge >= 0.3 is 0 Å². The number of nitrogens with zero attached hydrogens (tertiary/aromatic N) is 1. The highest BCUT2D eigenvalue weighted by molar-refractivity contribution is 8.01. The number of para-hydroxylation sites is 2. The average molecular weight is 624 g/mol. The van der Waals surface area contributed by atoms with Crippen LogP contribution in [0.2, 0.25) is 0 Å². The zero-order valence-corrected chi connectivity index (χ0v) is 25.3. The van der Waals surface area contributed by atoms with Gasteiger partial charge in [0.1, 0.15) is 11.8 Å². The van der Waals surface area contributed by atoms with Gasteiger partial charge in [0.25, 0.3) is 17.7 Å². The smallest absolute Gasteiger partial charge is 0.260 e. The number of thiazole rings is 1. The number of thioether (sulfide) groups is 2. The number of fused-ring (bicyclic) bond motifs is 1. The molecule has 4 rings (SSSR count). The third-order valence-electron chi connectivity index (χ3n) is 5.93. The minimum Gasteiger partial charge on any atom is -0.497 e. The first-order chi connectivity index (χ1) is 20.4. The van der Waals surface area contributed by atoms with Crippen LogP contribution in [-0.4, -0.2) is 59.5 Å². The lowest BCUT2D eigenvalue weighted by Gasteiger charge is -2.19. The Morgan fingerprint density at radius 2 is 1.67 bits per heavy atom. The summed E-state index contributed by atoms with van der Waals surface area (Å²) >= 11 is 4.28. The molecule has 1 heterocycles. The SMILES string of the molecule is COc1ccc(C(=O)Nc2ccccc2C(=O)N[C@H](CCSC)C(=O)NNC(=O)CSc2nc3ccccc3s2)cc1. The number of amides is 4. The molecule has 0 radical (unpaired) electrons. The monoisotopic (exact) mass is 623 g/mol. The molecule has 0 aliphatic heterocycles. The van der Waals surface area contributed by atoms with Gasteiger partial charge in [-0.2, -0.15) is 11.8 Å². The van der Waals surface area contributed by atoms with Crippen molar-refractivity contribution in [1.82, 2.24) is 21.2 Å². The Balaban J connectivity index is 1.34. The fourth-order valence-electron chi connectivity index (χ4n) is 3.76. The van der Waals surface area contributed by atoms with Crippen LogP contribution in [0.15, 0.2) is 77.1 Å². The molecular weight excluding hydrogens is 595 g/mol. The fraction of sp³-hybridized carbons (Fsp3) is 0.207. The van der Waals surface area contributed by atoms with Gasteiger partial charge in [0.05, 0.1) is 34.3 Å². The predicted molar refractivity (Wildman–Crippen MR) is 168 cm³/mol. The molecule has 13 heteroatoms. The molecule has 0 aliphatic carbocycles. The van der Waals surface area contributed by atoms with Gasteiger partial charge in [-0.25, -0.2) is 4.98 Å². The number of benzene rings is 3. The molecule has 4 aromatic rings. The summed E-state index contributed by atoms with van der Waals surface area (Å²) < 4.78 is 6.91. The van der Waals surface area contributed by atoms with Crippen molar-refractivity contribution < 1.29 is 23.9 Å². The number of carbonyl (C=O) groups excluding carboxylic acids is 4. The third-order valence-corrected chi connectivity index (χ3v) is 8.75. The van der Waals surface area contributed by atoms with E-state index >= 15 is 0 Å². The molecule has 0 saturated carbocycles. The van der Waals surface area contributed by atoms with Crippen LogP contribution in [-0.2, 0) is 9.59 Å². The predicted octanol–water partition coefficient (Wildman–Crippen LogP) is 4.35. The number of hydrogen-bond acceptors (Lipinski definition) is 9. The summed E-state index contributed by atoms with van der Waals surface area (Å²) in [6, 6.07) is 19.9. The number of hydrazine groups is 1. The van der Waals surface area contributed by atoms with E-state index in [2.05, 4.69) is 26.5 Å². The van der Waals surface area contributed by atoms with Crippen LogP contribution < -0.4 is 26.2 Å². The maximum absolute atomic E-state index is 13.3. The number of methoxy groups -OCH3 is 1. The van der Waals surface area contributed by atoms with Crippen molar-refractivity contribution >= 4 is 74.4 Å². The van der Waals surface area contributed by atoms with Crippen LogP contribution in [0, 0.1) is 0 Å². The molecule has 1 atom stereocenters. The standard InChI is InChI=1S/C29H29N5O5S3/c1-39-19-13-11-18(12-14-19)26(36)30-21-8-4-3-7-20(21)27(37)31-23(15-16-40-2)28(38)34-33-25(35)17-41-29-32-22-9-5-6-10-24(22)42-29/h3-14,23H,15-17H2,1-2H3,(H,30,36)(H,31,37)(H,33,35)(H,34,38)/t23-/m1/s1. The van der Waals surface area contributed by atoms with Crippen molar-refractivity contribution in [3.8, 4) is 5.75 Å². The quantitative estimate of drug-likeness (QED) is 0.135. The Kier molecular flexibility index (Phi) is 11.2. The van der Waals surface area contributed by atoms with Gasteiger partial charge < -0.3 is 15.4 Å². The lowest BCUT2D eigenvalue weighted by Crippen LogP contribution is -2.52. The zero-order valence-electron chi connectivity index (χ0n) is 22.8. The summed E-state index contributed by atoms with van der Waals surface area (Å²) in [5.41, 5.74) is 6.57. The normalized spacial score (nSPS) is 11.4. The van der Waals surface area contributed by atoms with E-state index in [-0.39, 0.29) is 11.3 Å². The molecular formula is C29H29N5O5S3. The van der Waals surface area contributed by atoms with E-state index in [0.29, 0.717) is 29.2 Å². The largest absolute Gasteiger partial charge is 0.497 e. The summed E-state index contributed by atoms with van der Waals surface area (Å²) in [6.07, 6.45) is 2.22. The molecule has 1 aromatic heterocycles. The summed E-state index contributed by atoms with van der Waals surface area (Å²) in [7, 11) is 1.54. The van der Waals surface area contributed by atoms with Crippen LogP contribution in [0.5, 0.6) is 5.75 Å². The molecule has 4 N–H and O–H groups in total. The summed E-state index contributed by atoms with van der Waals surface area (Å²) in [5.74, 6) is -0.645. The van der Waals surface area contributed by atoms with Crippen molar-refractivity contribution in [3.05, 3.63) is 83.9 Å². The van der Waals surface area contributed by atoms with E-state index in [0.717, 1.165) is 14.6 Å². The van der Waals surface area contributed by atoms with Gasteiger partial charge in [-0.05, 0) is 67.0 Å². The molecule has 0 unspecified atom stereocenters. The van der Waals surface area contributed by atoms with Crippen molar-refractivity contribution in [2.24, 2.45) is 0 Å². The molecule has 4 amide bonds. The first-order valence-electron chi connectivity index (χ1n) is 12.8. The van der Waals surface area contributed by atoms with Gasteiger partial charge in [-0.1, -0.05) is 36.0 Å². The van der Waals surface area contributed by atoms with E-state index < -0.39 is 29.7 Å². The van der Waals surface area contributed by atoms with Crippen LogP contribution in [0.3, 0.4) is 0 Å². The molecule has 42 heavy (non-hydrogen) atoms. The summed E-state index contributed by atoms with van der Waals surface area (Å²) in [5, 5.41) is 5.49. The Hall–Kier alpha value is -4.07. The lowest BCUT2D eigenvalue weighted by molar-refractivity contribution is -0.128. The van der Waals surface area contributed by atoms with Gasteiger partial charge in [0.15, 0.2) is 4.34 Å². The van der Waals surface area contributed by atoms with Crippen LogP contribution >= 0.6 is 34.9 Å². The molecule has 10 nitrogen and oxygen atoms in total. The number of carbonyl (C=O) groups is 4. The second kappa shape index (κ2) is 15.2. The van der Waals surface area contributed by atoms with E-state index in [1.54, 1.807) is 48.5 Å². The highest BCUT2D eigenvalue weighted by Crippen LogP contribution is 2.29. The third kappa shape index (κ3) is 8.47. The number of rotatable bonds is 12. The van der Waals surface area contributed by atoms with Gasteiger partial charge in [-0.3, -0.25) is 30.0 Å². The summed E-state index contributed by atoms with van der Waals surface area (Å²) in [6.45, 7) is 0. The Labute approximate surface area is 255 Å². The average Bonchev–Trinajstić information content (AvgIpc) is 3.44. The number of aromatic nitrogens is 1. The number of hydrogen-bond donors (Lipinski definition) is 4. The van der Waals surface area contributed by atoms with Crippen molar-refractivity contribution in [2.75, 3.05) is 30.2 Å². The van der Waals surface area contributed by atoms with E-state index in [1.165, 1.54) is 42.0 Å². The van der Waals surface area contributed by atoms with Crippen LogP contribution in [0.1, 0.15) is 27.1 Å². The second-order valence-electron chi connectivity index (χ2n) is 8.81. The van der Waals surface area contributed by atoms with E-state index in [1.807, 2.05) is 30.5 Å². The highest BCUT2D eigenvalue weighted by Gasteiger charge is 2.23. The first kappa shape index (κ1) is 30.9. The fourth-order valence-corrected chi connectivity index (χ4v) is 6.10. The van der Waals surface area contributed by atoms with E-state index in [9.17, 15) is 19.2 Å². The number of nitrogens with one attached hydrogen (secondary N) is 4. The Bertz CT molecular complexity index is 1530. The topological polar surface area (TPSA) is 139 Å². The van der Waals surface area contributed by atoms with E-state index in [4.69, 9.17) is 4.74 Å². The second-order valence-corrected chi connectivity index (χ2v) is 12.0. The maximum Gasteiger partial charge on any atom is 0.260 e. The first-order valence-corrected chi connectivity index (χ1v) is 16.0. The molecule has 0 spiro atoms. The Morgan fingerprint density at radius 3 is 2.40 bits per heavy atom. The van der Waals surface area contributed by atoms with Crippen LogP contribution in [0.25, 0.3) is 10.2 Å². The Morgan fingerprint density at radius 1 is 0.929 bits per heavy atom. The zero-order chi connectivity index (χ0) is 29.9. The molecule has 0 saturated heterocycles. The molecule has 218 valence electrons. The highest BCUT2D eigenvalue weighted by atomic mass is 32.2. The summed E-state index contributed by atoms with van der Waals surface area (Å²) in [4.78, 5) is 55.9. The molecule has 0 bridgehead atoms.